The van der Waals surface area contributed by atoms with Crippen LogP contribution in [-0.4, -0.2) is 0 Å². The van der Waals surface area contributed by atoms with Crippen LogP contribution in [0, 0.1) is 0 Å². The van der Waals surface area contributed by atoms with Gasteiger partial charge in [0.05, 0.1) is 4.20 Å². The lowest BCUT2D eigenvalue weighted by molar-refractivity contribution is 0.567. The molecule has 0 aliphatic rings. The molecule has 0 N–H and O–H groups in total. The standard InChI is InChI=1S/C2H3FOP/c1-2-5(3)4/h2H,1H2/q+1. The fraction of sp³-hybridized carbons (Fsp3) is 0. The third-order valence-corrected chi connectivity index (χ3v) is 0.431. The Balaban J connectivity index is 3.20. The van der Waals surface area contributed by atoms with Crippen LogP contribution in [0.1, 0.15) is 0 Å². The molecule has 0 aromatic carbocycles. The van der Waals surface area contributed by atoms with Crippen molar-refractivity contribution in [2.75, 3.05) is 0 Å². The van der Waals surface area contributed by atoms with Gasteiger partial charge in [-0.25, -0.2) is 0 Å². The number of rotatable bonds is 1. The summed E-state index contributed by atoms with van der Waals surface area (Å²) < 4.78 is 20.0. The van der Waals surface area contributed by atoms with Gasteiger partial charge in [-0.1, -0.05) is 0 Å². The van der Waals surface area contributed by atoms with Crippen LogP contribution in [0.3, 0.4) is 0 Å². The Bertz CT molecular complexity index is 60.7. The van der Waals surface area contributed by atoms with Gasteiger partial charge in [-0.15, -0.1) is 0 Å². The molecule has 1 unspecified atom stereocenters. The third-order valence-electron chi connectivity index (χ3n) is 0.144. The SMILES string of the molecule is C=C[P+](=O)F. The van der Waals surface area contributed by atoms with Crippen LogP contribution in [0.25, 0.3) is 0 Å². The molecule has 0 radical (unpaired) electrons. The summed E-state index contributed by atoms with van der Waals surface area (Å²) in [7, 11) is -2.58. The van der Waals surface area contributed by atoms with E-state index in [-0.39, 0.29) is 0 Å². The van der Waals surface area contributed by atoms with E-state index >= 15 is 0 Å². The molecule has 5 heavy (non-hydrogen) atoms. The molecule has 0 amide bonds. The smallest absolute Gasteiger partial charge is 0.0494 e. The summed E-state index contributed by atoms with van der Waals surface area (Å²) in [6.07, 6.45) is 0. The van der Waals surface area contributed by atoms with E-state index < -0.39 is 8.11 Å². The summed E-state index contributed by atoms with van der Waals surface area (Å²) in [6, 6.07) is 0. The molecule has 0 fully saturated rings. The maximum Gasteiger partial charge on any atom is 0.588 e. The zero-order valence-electron chi connectivity index (χ0n) is 2.52. The normalized spacial score (nSPS) is 10.2. The van der Waals surface area contributed by atoms with E-state index in [1.807, 2.05) is 0 Å². The molecule has 0 aliphatic heterocycles. The number of hydrogen-bond donors (Lipinski definition) is 0. The highest BCUT2D eigenvalue weighted by molar-refractivity contribution is 7.42. The lowest BCUT2D eigenvalue weighted by Crippen LogP contribution is -1.21. The molecule has 0 saturated carbocycles. The lowest BCUT2D eigenvalue weighted by atomic mass is 11.3. The van der Waals surface area contributed by atoms with Crippen LogP contribution in [0.4, 0.5) is 4.20 Å². The highest BCUT2D eigenvalue weighted by Crippen LogP contribution is 2.20. The first-order valence-electron chi connectivity index (χ1n) is 1.02. The summed E-state index contributed by atoms with van der Waals surface area (Å²) in [5, 5.41) is 0. The van der Waals surface area contributed by atoms with Gasteiger partial charge in [0.25, 0.3) is 0 Å². The Labute approximate surface area is 30.4 Å². The van der Waals surface area contributed by atoms with E-state index in [9.17, 15) is 8.76 Å². The van der Waals surface area contributed by atoms with E-state index in [0.29, 0.717) is 0 Å². The van der Waals surface area contributed by atoms with E-state index in [0.717, 1.165) is 5.82 Å². The number of hydrogen-bond acceptors (Lipinski definition) is 1. The number of halogens is 1. The fourth-order valence-corrected chi connectivity index (χ4v) is 0. The zero-order chi connectivity index (χ0) is 4.28. The molecule has 0 aliphatic carbocycles. The van der Waals surface area contributed by atoms with Crippen molar-refractivity contribution in [1.82, 2.24) is 0 Å². The maximum atomic E-state index is 10.8. The van der Waals surface area contributed by atoms with Crippen LogP contribution in [0.5, 0.6) is 0 Å². The van der Waals surface area contributed by atoms with Gasteiger partial charge in [0.2, 0.25) is 0 Å². The Hall–Kier alpha value is -0.230. The largest absolute Gasteiger partial charge is 0.588 e. The molecule has 3 heteroatoms. The van der Waals surface area contributed by atoms with Crippen molar-refractivity contribution in [3.8, 4) is 0 Å². The van der Waals surface area contributed by atoms with Gasteiger partial charge in [-0.2, -0.15) is 0 Å². The first kappa shape index (κ1) is 4.77. The highest BCUT2D eigenvalue weighted by atomic mass is 31.1. The highest BCUT2D eigenvalue weighted by Gasteiger charge is 2.00. The summed E-state index contributed by atoms with van der Waals surface area (Å²) >= 11 is 0. The van der Waals surface area contributed by atoms with Gasteiger partial charge in [0.1, 0.15) is 0 Å². The van der Waals surface area contributed by atoms with Gasteiger partial charge in [-0.3, -0.25) is 0 Å². The average molecular weight is 93.0 g/mol. The van der Waals surface area contributed by atoms with Crippen LogP contribution >= 0.6 is 8.11 Å². The van der Waals surface area contributed by atoms with Crippen LogP contribution in [0.15, 0.2) is 12.4 Å². The minimum atomic E-state index is -2.58. The van der Waals surface area contributed by atoms with Crippen LogP contribution < -0.4 is 0 Å². The summed E-state index contributed by atoms with van der Waals surface area (Å²) in [5.41, 5.74) is 0. The van der Waals surface area contributed by atoms with Crippen molar-refractivity contribution >= 4 is 8.11 Å². The van der Waals surface area contributed by atoms with E-state index in [2.05, 4.69) is 6.58 Å². The molecule has 0 bridgehead atoms. The molecule has 0 saturated heterocycles. The van der Waals surface area contributed by atoms with Gasteiger partial charge >= 0.3 is 8.11 Å². The Kier molecular flexibility index (Phi) is 1.94. The second kappa shape index (κ2) is 2.04. The van der Waals surface area contributed by atoms with E-state index in [1.54, 1.807) is 0 Å². The Morgan fingerprint density at radius 3 is 2.20 bits per heavy atom. The van der Waals surface area contributed by atoms with Gasteiger partial charge < -0.3 is 0 Å². The van der Waals surface area contributed by atoms with Crippen LogP contribution in [0.2, 0.25) is 0 Å². The summed E-state index contributed by atoms with van der Waals surface area (Å²) in [4.78, 5) is 0. The molecule has 1 atom stereocenters. The average Bonchev–Trinajstić information content (AvgIpc) is 1.38. The molecule has 1 nitrogen and oxygen atoms in total. The van der Waals surface area contributed by atoms with Crippen molar-refractivity contribution in [1.29, 1.82) is 0 Å². The third kappa shape index (κ3) is 3.77. The lowest BCUT2D eigenvalue weighted by Gasteiger charge is -1.35. The first-order valence-corrected chi connectivity index (χ1v) is 2.24. The quantitative estimate of drug-likeness (QED) is 0.452. The maximum absolute atomic E-state index is 10.8. The van der Waals surface area contributed by atoms with Crippen molar-refractivity contribution < 1.29 is 8.76 Å². The monoisotopic (exact) mass is 93.0 g/mol. The minimum absolute atomic E-state index is 0.759. The van der Waals surface area contributed by atoms with E-state index in [4.69, 9.17) is 0 Å². The fourth-order valence-electron chi connectivity index (χ4n) is 0. The molecule has 0 rings (SSSR count). The second-order valence-electron chi connectivity index (χ2n) is 0.455. The van der Waals surface area contributed by atoms with Gasteiger partial charge in [0, 0.05) is 0 Å². The van der Waals surface area contributed by atoms with Crippen molar-refractivity contribution in [3.05, 3.63) is 12.4 Å². The van der Waals surface area contributed by atoms with Crippen molar-refractivity contribution in [2.45, 2.75) is 0 Å². The minimum Gasteiger partial charge on any atom is -0.0494 e. The first-order chi connectivity index (χ1) is 2.27. The Morgan fingerprint density at radius 2 is 2.20 bits per heavy atom. The molecule has 0 aromatic heterocycles. The Morgan fingerprint density at radius 1 is 2.00 bits per heavy atom. The molecule has 0 aromatic rings. The summed E-state index contributed by atoms with van der Waals surface area (Å²) in [6.45, 7) is 2.90. The van der Waals surface area contributed by atoms with Crippen molar-refractivity contribution in [2.24, 2.45) is 0 Å². The molecular formula is C2H3FOP+. The van der Waals surface area contributed by atoms with Crippen LogP contribution in [-0.2, 0) is 4.57 Å². The predicted molar refractivity (Wildman–Crippen MR) is 18.9 cm³/mol. The molecular weight excluding hydrogens is 90.0 g/mol. The molecule has 0 heterocycles. The van der Waals surface area contributed by atoms with Crippen molar-refractivity contribution in [3.63, 3.8) is 0 Å². The summed E-state index contributed by atoms with van der Waals surface area (Å²) in [5.74, 6) is 0.759. The second-order valence-corrected chi connectivity index (χ2v) is 1.36. The van der Waals surface area contributed by atoms with Gasteiger partial charge in [0.15, 0.2) is 5.82 Å². The van der Waals surface area contributed by atoms with Gasteiger partial charge in [-0.05, 0) is 11.1 Å². The zero-order valence-corrected chi connectivity index (χ0v) is 3.41. The predicted octanol–water partition coefficient (Wildman–Crippen LogP) is 1.84. The molecule has 0 spiro atoms. The molecule has 28 valence electrons. The topological polar surface area (TPSA) is 17.1 Å². The van der Waals surface area contributed by atoms with E-state index in [1.165, 1.54) is 0 Å².